The molecule has 2 rings (SSSR count). The van der Waals surface area contributed by atoms with Gasteiger partial charge in [-0.25, -0.2) is 4.79 Å². The molecule has 1 heterocycles. The Balaban J connectivity index is 2.63. The second kappa shape index (κ2) is 11.6. The van der Waals surface area contributed by atoms with Gasteiger partial charge in [0.15, 0.2) is 0 Å². The molecule has 2 unspecified atom stereocenters. The molecule has 0 aliphatic carbocycles. The molecule has 7 nitrogen and oxygen atoms in total. The van der Waals surface area contributed by atoms with Crippen molar-refractivity contribution in [2.45, 2.75) is 19.8 Å². The number of ether oxygens (including phenoxy) is 3. The number of aliphatic imine (C=N–C) groups is 1. The van der Waals surface area contributed by atoms with Gasteiger partial charge in [0.25, 0.3) is 0 Å². The van der Waals surface area contributed by atoms with Crippen LogP contribution in [-0.2, 0) is 23.8 Å². The summed E-state index contributed by atoms with van der Waals surface area (Å²) < 4.78 is 16.1. The highest BCUT2D eigenvalue weighted by atomic mass is 35.5. The van der Waals surface area contributed by atoms with Crippen LogP contribution >= 0.6 is 23.2 Å². The first-order valence-corrected chi connectivity index (χ1v) is 10.7. The van der Waals surface area contributed by atoms with Crippen molar-refractivity contribution in [3.05, 3.63) is 45.1 Å². The van der Waals surface area contributed by atoms with Gasteiger partial charge in [-0.3, -0.25) is 9.79 Å². The fourth-order valence-electron chi connectivity index (χ4n) is 3.44. The van der Waals surface area contributed by atoms with Crippen LogP contribution in [0.2, 0.25) is 10.0 Å². The van der Waals surface area contributed by atoms with Crippen molar-refractivity contribution in [2.24, 2.45) is 10.9 Å². The lowest BCUT2D eigenvalue weighted by molar-refractivity contribution is -0.144. The third-order valence-corrected chi connectivity index (χ3v) is 5.74. The molecular weight excluding hydrogens is 443 g/mol. The number of methoxy groups -OCH3 is 1. The third kappa shape index (κ3) is 6.07. The minimum Gasteiger partial charge on any atom is -0.468 e. The van der Waals surface area contributed by atoms with Gasteiger partial charge >= 0.3 is 11.9 Å². The fraction of sp³-hybridized carbons (Fsp3) is 0.500. The van der Waals surface area contributed by atoms with Crippen molar-refractivity contribution >= 4 is 40.9 Å². The van der Waals surface area contributed by atoms with Gasteiger partial charge in [0.1, 0.15) is 5.92 Å². The normalized spacial score (nSPS) is 18.8. The van der Waals surface area contributed by atoms with E-state index in [1.165, 1.54) is 7.11 Å². The SMILES string of the molecule is CCOC(=O)C1=C(COCCN(C)C)N=C(C)C(C(=O)OC)C1c1cccc(Cl)c1Cl. The first-order valence-electron chi connectivity index (χ1n) is 9.92. The smallest absolute Gasteiger partial charge is 0.336 e. The summed E-state index contributed by atoms with van der Waals surface area (Å²) in [6, 6.07) is 5.09. The molecule has 1 aromatic rings. The molecule has 9 heteroatoms. The Kier molecular flexibility index (Phi) is 9.50. The van der Waals surface area contributed by atoms with Crippen LogP contribution in [0.15, 0.2) is 34.5 Å². The molecule has 0 spiro atoms. The topological polar surface area (TPSA) is 77.4 Å². The summed E-state index contributed by atoms with van der Waals surface area (Å²) in [5.74, 6) is -2.75. The van der Waals surface area contributed by atoms with Gasteiger partial charge < -0.3 is 19.1 Å². The molecule has 0 amide bonds. The Morgan fingerprint density at radius 2 is 1.94 bits per heavy atom. The zero-order valence-electron chi connectivity index (χ0n) is 18.4. The highest BCUT2D eigenvalue weighted by Gasteiger charge is 2.44. The van der Waals surface area contributed by atoms with Gasteiger partial charge in [-0.05, 0) is 39.6 Å². The third-order valence-electron chi connectivity index (χ3n) is 4.91. The molecule has 0 saturated heterocycles. The number of rotatable bonds is 9. The monoisotopic (exact) mass is 470 g/mol. The van der Waals surface area contributed by atoms with E-state index in [4.69, 9.17) is 37.4 Å². The lowest BCUT2D eigenvalue weighted by Gasteiger charge is -2.32. The summed E-state index contributed by atoms with van der Waals surface area (Å²) in [6.45, 7) is 4.83. The van der Waals surface area contributed by atoms with Crippen LogP contribution in [0.1, 0.15) is 25.3 Å². The number of carbonyl (C=O) groups is 2. The van der Waals surface area contributed by atoms with Crippen molar-refractivity contribution < 1.29 is 23.8 Å². The van der Waals surface area contributed by atoms with Crippen LogP contribution in [0.3, 0.4) is 0 Å². The van der Waals surface area contributed by atoms with E-state index in [2.05, 4.69) is 4.99 Å². The second-order valence-corrected chi connectivity index (χ2v) is 8.10. The lowest BCUT2D eigenvalue weighted by Crippen LogP contribution is -2.37. The first-order chi connectivity index (χ1) is 14.7. The summed E-state index contributed by atoms with van der Waals surface area (Å²) in [5, 5.41) is 0.572. The molecule has 0 radical (unpaired) electrons. The van der Waals surface area contributed by atoms with Crippen LogP contribution in [-0.4, -0.2) is 70.1 Å². The van der Waals surface area contributed by atoms with Gasteiger partial charge in [-0.1, -0.05) is 35.3 Å². The standard InChI is InChI=1S/C22H28Cl2N2O5/c1-6-31-22(28)19-16(12-30-11-10-26(3)4)25-13(2)17(21(27)29-5)18(19)14-8-7-9-15(23)20(14)24/h7-9,17-18H,6,10-12H2,1-5H3. The number of hydrogen-bond donors (Lipinski definition) is 0. The van der Waals surface area contributed by atoms with Gasteiger partial charge in [-0.15, -0.1) is 0 Å². The summed E-state index contributed by atoms with van der Waals surface area (Å²) >= 11 is 12.8. The average Bonchev–Trinajstić information content (AvgIpc) is 2.72. The van der Waals surface area contributed by atoms with Gasteiger partial charge in [-0.2, -0.15) is 0 Å². The predicted octanol–water partition coefficient (Wildman–Crippen LogP) is 3.74. The largest absolute Gasteiger partial charge is 0.468 e. The van der Waals surface area contributed by atoms with E-state index in [-0.39, 0.29) is 23.8 Å². The quantitative estimate of drug-likeness (QED) is 0.404. The lowest BCUT2D eigenvalue weighted by atomic mass is 9.75. The average molecular weight is 471 g/mol. The number of hydrogen-bond acceptors (Lipinski definition) is 7. The van der Waals surface area contributed by atoms with Crippen LogP contribution in [0.4, 0.5) is 0 Å². The van der Waals surface area contributed by atoms with E-state index in [9.17, 15) is 9.59 Å². The summed E-state index contributed by atoms with van der Waals surface area (Å²) in [7, 11) is 5.17. The summed E-state index contributed by atoms with van der Waals surface area (Å²) in [6.07, 6.45) is 0. The number of halogens is 2. The van der Waals surface area contributed by atoms with Crippen molar-refractivity contribution in [1.29, 1.82) is 0 Å². The molecule has 31 heavy (non-hydrogen) atoms. The van der Waals surface area contributed by atoms with Crippen LogP contribution in [0.25, 0.3) is 0 Å². The molecule has 170 valence electrons. The van der Waals surface area contributed by atoms with Gasteiger partial charge in [0.2, 0.25) is 0 Å². The summed E-state index contributed by atoms with van der Waals surface area (Å²) in [5.41, 5.74) is 1.63. The van der Waals surface area contributed by atoms with E-state index in [0.717, 1.165) is 0 Å². The van der Waals surface area contributed by atoms with Crippen LogP contribution in [0, 0.1) is 5.92 Å². The molecule has 0 aromatic heterocycles. The van der Waals surface area contributed by atoms with E-state index in [1.807, 2.05) is 19.0 Å². The maximum absolute atomic E-state index is 13.1. The number of carbonyl (C=O) groups excluding carboxylic acids is 2. The number of nitrogens with zero attached hydrogens (tertiary/aromatic N) is 2. The Bertz CT molecular complexity index is 883. The summed E-state index contributed by atoms with van der Waals surface area (Å²) in [4.78, 5) is 32.3. The van der Waals surface area contributed by atoms with E-state index in [1.54, 1.807) is 32.0 Å². The first kappa shape index (κ1) is 25.3. The van der Waals surface area contributed by atoms with E-state index in [0.29, 0.717) is 35.1 Å². The van der Waals surface area contributed by atoms with E-state index < -0.39 is 23.8 Å². The molecule has 0 saturated carbocycles. The second-order valence-electron chi connectivity index (χ2n) is 7.31. The minimum absolute atomic E-state index is 0.0852. The van der Waals surface area contributed by atoms with Crippen LogP contribution in [0.5, 0.6) is 0 Å². The van der Waals surface area contributed by atoms with Gasteiger partial charge in [0.05, 0.1) is 48.2 Å². The van der Waals surface area contributed by atoms with Crippen molar-refractivity contribution in [3.8, 4) is 0 Å². The number of benzene rings is 1. The Hall–Kier alpha value is -1.93. The van der Waals surface area contributed by atoms with Crippen molar-refractivity contribution in [3.63, 3.8) is 0 Å². The highest BCUT2D eigenvalue weighted by Crippen LogP contribution is 2.44. The Morgan fingerprint density at radius 3 is 2.55 bits per heavy atom. The zero-order valence-corrected chi connectivity index (χ0v) is 19.9. The molecule has 1 aliphatic rings. The molecular formula is C22H28Cl2N2O5. The molecule has 2 atom stereocenters. The molecule has 0 bridgehead atoms. The number of likely N-dealkylation sites (N-methyl/N-ethyl adjacent to an activating group) is 1. The van der Waals surface area contributed by atoms with Gasteiger partial charge in [0, 0.05) is 18.2 Å². The highest BCUT2D eigenvalue weighted by molar-refractivity contribution is 6.42. The fourth-order valence-corrected chi connectivity index (χ4v) is 3.86. The van der Waals surface area contributed by atoms with Crippen molar-refractivity contribution in [2.75, 3.05) is 47.6 Å². The Labute approximate surface area is 193 Å². The molecule has 0 N–H and O–H groups in total. The molecule has 1 aromatic carbocycles. The van der Waals surface area contributed by atoms with E-state index >= 15 is 0 Å². The number of esters is 2. The maximum atomic E-state index is 13.1. The maximum Gasteiger partial charge on any atom is 0.336 e. The predicted molar refractivity (Wildman–Crippen MR) is 121 cm³/mol. The molecule has 0 fully saturated rings. The van der Waals surface area contributed by atoms with Crippen molar-refractivity contribution in [1.82, 2.24) is 4.90 Å². The zero-order chi connectivity index (χ0) is 23.1. The minimum atomic E-state index is -0.856. The van der Waals surface area contributed by atoms with Crippen LogP contribution < -0.4 is 0 Å². The Morgan fingerprint density at radius 1 is 1.23 bits per heavy atom. The molecule has 1 aliphatic heterocycles.